The van der Waals surface area contributed by atoms with E-state index in [1.54, 1.807) is 5.57 Å². The molecule has 0 saturated heterocycles. The van der Waals surface area contributed by atoms with E-state index in [-0.39, 0.29) is 17.7 Å². The summed E-state index contributed by atoms with van der Waals surface area (Å²) in [5.41, 5.74) is 2.91. The maximum atomic E-state index is 9.59. The van der Waals surface area contributed by atoms with E-state index in [0.717, 1.165) is 38.5 Å². The average Bonchev–Trinajstić information content (AvgIpc) is 3.20. The highest BCUT2D eigenvalue weighted by atomic mass is 28.4. The van der Waals surface area contributed by atoms with Crippen molar-refractivity contribution in [3.8, 4) is 0 Å². The van der Waals surface area contributed by atoms with Crippen LogP contribution in [0.5, 0.6) is 0 Å². The third-order valence-corrected chi connectivity index (χ3v) is 18.1. The number of benzene rings is 1. The predicted molar refractivity (Wildman–Crippen MR) is 156 cm³/mol. The molecule has 1 aliphatic rings. The molecule has 1 aromatic rings. The molecule has 0 fully saturated rings. The van der Waals surface area contributed by atoms with E-state index in [1.807, 2.05) is 0 Å². The van der Waals surface area contributed by atoms with Crippen LogP contribution < -0.4 is 0 Å². The van der Waals surface area contributed by atoms with Crippen LogP contribution >= 0.6 is 0 Å². The second-order valence-corrected chi connectivity index (χ2v) is 21.6. The zero-order chi connectivity index (χ0) is 26.1. The number of aliphatic hydroxyl groups excluding tert-OH is 1. The van der Waals surface area contributed by atoms with E-state index < -0.39 is 16.6 Å². The van der Waals surface area contributed by atoms with E-state index >= 15 is 0 Å². The summed E-state index contributed by atoms with van der Waals surface area (Å²) < 4.78 is 14.0. The highest BCUT2D eigenvalue weighted by Crippen LogP contribution is 2.41. The van der Waals surface area contributed by atoms with Crippen molar-refractivity contribution < 1.29 is 14.0 Å². The van der Waals surface area contributed by atoms with E-state index in [0.29, 0.717) is 12.0 Å². The van der Waals surface area contributed by atoms with Gasteiger partial charge in [0.1, 0.15) is 0 Å². The first-order valence-corrected chi connectivity index (χ1v) is 19.6. The van der Waals surface area contributed by atoms with Crippen molar-refractivity contribution >= 4 is 16.6 Å². The molecule has 5 heteroatoms. The van der Waals surface area contributed by atoms with Gasteiger partial charge in [0.2, 0.25) is 0 Å². The second kappa shape index (κ2) is 13.7. The number of aliphatic hydroxyl groups is 1. The largest absolute Gasteiger partial charge is 0.414 e. The molecule has 0 bridgehead atoms. The fourth-order valence-corrected chi connectivity index (χ4v) is 9.53. The molecule has 3 atom stereocenters. The van der Waals surface area contributed by atoms with Gasteiger partial charge in [0, 0.05) is 18.6 Å². The molecule has 1 aromatic carbocycles. The molecule has 200 valence electrons. The van der Waals surface area contributed by atoms with E-state index in [2.05, 4.69) is 91.0 Å². The Morgan fingerprint density at radius 2 is 1.66 bits per heavy atom. The van der Waals surface area contributed by atoms with Crippen molar-refractivity contribution in [2.75, 3.05) is 6.61 Å². The maximum absolute atomic E-state index is 9.59. The first kappa shape index (κ1) is 30.5. The van der Waals surface area contributed by atoms with Crippen LogP contribution in [0.3, 0.4) is 0 Å². The Kier molecular flexibility index (Phi) is 11.9. The SMILES string of the molecule is CC[Si](CC)(CC)O[C@H]1CC=C(CC[C@@H](Cc2ccccc2)O[Si](C)(C)C(C)(C)C)[C@H]1CCCO. The van der Waals surface area contributed by atoms with Crippen molar-refractivity contribution in [1.82, 2.24) is 0 Å². The standard InChI is InChI=1S/C30H54O3Si2/c1-9-35(10-2,11-3)33-29-22-20-26(28(29)18-15-23-31)19-21-27(24-25-16-13-12-14-17-25)32-34(7,8)30(4,5)6/h12-14,16-17,20,27-29,31H,9-11,15,18-19,21-24H2,1-8H3/t27-,28+,29-/m0/s1. The van der Waals surface area contributed by atoms with Gasteiger partial charge in [0.05, 0.1) is 6.10 Å². The molecule has 0 aliphatic heterocycles. The van der Waals surface area contributed by atoms with Gasteiger partial charge >= 0.3 is 0 Å². The second-order valence-electron chi connectivity index (χ2n) is 12.1. The van der Waals surface area contributed by atoms with Gasteiger partial charge in [0.15, 0.2) is 16.6 Å². The van der Waals surface area contributed by atoms with Gasteiger partial charge in [-0.05, 0) is 80.4 Å². The molecule has 0 aromatic heterocycles. The molecule has 0 heterocycles. The molecule has 2 rings (SSSR count). The van der Waals surface area contributed by atoms with Gasteiger partial charge in [-0.25, -0.2) is 0 Å². The molecule has 0 unspecified atom stereocenters. The lowest BCUT2D eigenvalue weighted by atomic mass is 9.90. The third-order valence-electron chi connectivity index (χ3n) is 8.87. The van der Waals surface area contributed by atoms with Crippen molar-refractivity contribution in [3.63, 3.8) is 0 Å². The van der Waals surface area contributed by atoms with Crippen LogP contribution in [0.4, 0.5) is 0 Å². The molecule has 0 amide bonds. The van der Waals surface area contributed by atoms with Gasteiger partial charge in [-0.1, -0.05) is 83.5 Å². The van der Waals surface area contributed by atoms with E-state index in [9.17, 15) is 5.11 Å². The number of hydrogen-bond acceptors (Lipinski definition) is 3. The minimum absolute atomic E-state index is 0.200. The Morgan fingerprint density at radius 1 is 1.03 bits per heavy atom. The minimum atomic E-state index is -1.87. The summed E-state index contributed by atoms with van der Waals surface area (Å²) in [5.74, 6) is 0.448. The van der Waals surface area contributed by atoms with Crippen molar-refractivity contribution in [2.24, 2.45) is 5.92 Å². The molecule has 1 N–H and O–H groups in total. The average molecular weight is 519 g/mol. The Hall–Kier alpha value is -0.726. The third kappa shape index (κ3) is 8.67. The van der Waals surface area contributed by atoms with Crippen LogP contribution in [-0.4, -0.2) is 40.6 Å². The lowest BCUT2D eigenvalue weighted by Gasteiger charge is -2.39. The lowest BCUT2D eigenvalue weighted by Crippen LogP contribution is -2.44. The highest BCUT2D eigenvalue weighted by molar-refractivity contribution is 6.74. The molecular formula is C30H54O3Si2. The highest BCUT2D eigenvalue weighted by Gasteiger charge is 2.40. The van der Waals surface area contributed by atoms with Crippen LogP contribution in [0.1, 0.15) is 79.2 Å². The monoisotopic (exact) mass is 518 g/mol. The first-order chi connectivity index (χ1) is 16.5. The summed E-state index contributed by atoms with van der Waals surface area (Å²) in [4.78, 5) is 0. The zero-order valence-electron chi connectivity index (χ0n) is 24.0. The smallest absolute Gasteiger partial charge is 0.192 e. The van der Waals surface area contributed by atoms with Crippen LogP contribution in [0.25, 0.3) is 0 Å². The Morgan fingerprint density at radius 3 is 2.20 bits per heavy atom. The summed E-state index contributed by atoms with van der Waals surface area (Å²) in [7, 11) is -3.52. The van der Waals surface area contributed by atoms with Crippen molar-refractivity contribution in [1.29, 1.82) is 0 Å². The number of rotatable bonds is 15. The first-order valence-electron chi connectivity index (χ1n) is 14.2. The van der Waals surface area contributed by atoms with Gasteiger partial charge in [0.25, 0.3) is 0 Å². The van der Waals surface area contributed by atoms with Crippen LogP contribution in [0, 0.1) is 5.92 Å². The van der Waals surface area contributed by atoms with Crippen molar-refractivity contribution in [2.45, 2.75) is 129 Å². The topological polar surface area (TPSA) is 38.7 Å². The summed E-state index contributed by atoms with van der Waals surface area (Å²) in [6, 6.07) is 14.4. The minimum Gasteiger partial charge on any atom is -0.414 e. The zero-order valence-corrected chi connectivity index (χ0v) is 26.0. The van der Waals surface area contributed by atoms with Crippen molar-refractivity contribution in [3.05, 3.63) is 47.5 Å². The quantitative estimate of drug-likeness (QED) is 0.187. The Labute approximate surface area is 219 Å². The van der Waals surface area contributed by atoms with Crippen LogP contribution in [0.2, 0.25) is 36.3 Å². The maximum Gasteiger partial charge on any atom is 0.192 e. The summed E-state index contributed by atoms with van der Waals surface area (Å²) in [6.45, 7) is 19.0. The van der Waals surface area contributed by atoms with Gasteiger partial charge in [-0.3, -0.25) is 0 Å². The Balaban J connectivity index is 2.16. The summed E-state index contributed by atoms with van der Waals surface area (Å²) >= 11 is 0. The molecule has 1 aliphatic carbocycles. The fraction of sp³-hybridized carbons (Fsp3) is 0.733. The normalized spacial score (nSPS) is 20.2. The molecule has 0 saturated carbocycles. The van der Waals surface area contributed by atoms with Gasteiger partial charge < -0.3 is 14.0 Å². The predicted octanol–water partition coefficient (Wildman–Crippen LogP) is 8.51. The molecule has 3 nitrogen and oxygen atoms in total. The van der Waals surface area contributed by atoms with E-state index in [1.165, 1.54) is 23.7 Å². The Bertz CT molecular complexity index is 757. The molecular weight excluding hydrogens is 464 g/mol. The van der Waals surface area contributed by atoms with E-state index in [4.69, 9.17) is 8.85 Å². The summed E-state index contributed by atoms with van der Waals surface area (Å²) in [6.07, 6.45) is 9.01. The molecule has 0 radical (unpaired) electrons. The van der Waals surface area contributed by atoms with Gasteiger partial charge in [-0.15, -0.1) is 0 Å². The lowest BCUT2D eigenvalue weighted by molar-refractivity contribution is 0.136. The van der Waals surface area contributed by atoms with Gasteiger partial charge in [-0.2, -0.15) is 0 Å². The summed E-state index contributed by atoms with van der Waals surface area (Å²) in [5, 5.41) is 9.79. The van der Waals surface area contributed by atoms with Crippen LogP contribution in [-0.2, 0) is 15.3 Å². The molecule has 35 heavy (non-hydrogen) atoms. The number of hydrogen-bond donors (Lipinski definition) is 1. The van der Waals surface area contributed by atoms with Crippen LogP contribution in [0.15, 0.2) is 42.0 Å². The molecule has 0 spiro atoms. The fourth-order valence-electron chi connectivity index (χ4n) is 5.24.